The zero-order valence-electron chi connectivity index (χ0n) is 15.9. The van der Waals surface area contributed by atoms with E-state index in [0.717, 1.165) is 5.56 Å². The molecule has 1 N–H and O–H groups in total. The number of non-ortho nitro benzene ring substituents is 1. The van der Waals surface area contributed by atoms with Crippen LogP contribution in [0.5, 0.6) is 0 Å². The molecule has 28 heavy (non-hydrogen) atoms. The molecular weight excluding hydrogens is 380 g/mol. The third-order valence-electron chi connectivity index (χ3n) is 3.92. The van der Waals surface area contributed by atoms with Crippen molar-refractivity contribution in [2.45, 2.75) is 37.7 Å². The zero-order chi connectivity index (χ0) is 20.7. The molecule has 8 heteroatoms. The maximum Gasteiger partial charge on any atom is 0.317 e. The van der Waals surface area contributed by atoms with Crippen molar-refractivity contribution < 1.29 is 19.2 Å². The fourth-order valence-electron chi connectivity index (χ4n) is 2.44. The highest BCUT2D eigenvalue weighted by molar-refractivity contribution is 8.00. The van der Waals surface area contributed by atoms with Gasteiger partial charge in [0.05, 0.1) is 10.7 Å². The normalized spacial score (nSPS) is 11.7. The van der Waals surface area contributed by atoms with Crippen LogP contribution >= 0.6 is 11.8 Å². The number of para-hydroxylation sites is 1. The molecule has 0 bridgehead atoms. The van der Waals surface area contributed by atoms with Gasteiger partial charge in [0.2, 0.25) is 0 Å². The first-order chi connectivity index (χ1) is 13.3. The summed E-state index contributed by atoms with van der Waals surface area (Å²) in [5.41, 5.74) is 1.69. The van der Waals surface area contributed by atoms with Gasteiger partial charge < -0.3 is 10.1 Å². The van der Waals surface area contributed by atoms with Gasteiger partial charge in [-0.05, 0) is 36.6 Å². The van der Waals surface area contributed by atoms with Gasteiger partial charge in [0, 0.05) is 22.7 Å². The summed E-state index contributed by atoms with van der Waals surface area (Å²) in [6.07, 6.45) is -0.940. The second-order valence-corrected chi connectivity index (χ2v) is 7.45. The Morgan fingerprint density at radius 3 is 2.36 bits per heavy atom. The minimum absolute atomic E-state index is 0.00197. The van der Waals surface area contributed by atoms with Crippen LogP contribution in [0.1, 0.15) is 32.3 Å². The number of carbonyl (C=O) groups excluding carboxylic acids is 2. The van der Waals surface area contributed by atoms with E-state index in [1.807, 2.05) is 38.1 Å². The van der Waals surface area contributed by atoms with E-state index in [-0.39, 0.29) is 17.4 Å². The molecule has 0 saturated carbocycles. The average Bonchev–Trinajstić information content (AvgIpc) is 2.66. The molecule has 1 atom stereocenters. The summed E-state index contributed by atoms with van der Waals surface area (Å²) >= 11 is 1.18. The molecule has 0 heterocycles. The van der Waals surface area contributed by atoms with Crippen LogP contribution in [0.4, 0.5) is 11.4 Å². The van der Waals surface area contributed by atoms with Gasteiger partial charge in [0.15, 0.2) is 6.10 Å². The van der Waals surface area contributed by atoms with Crippen LogP contribution in [0.3, 0.4) is 0 Å². The molecule has 0 aliphatic heterocycles. The quantitative estimate of drug-likeness (QED) is 0.304. The number of nitro groups is 1. The van der Waals surface area contributed by atoms with E-state index in [1.165, 1.54) is 30.8 Å². The van der Waals surface area contributed by atoms with Crippen LogP contribution in [0.25, 0.3) is 0 Å². The van der Waals surface area contributed by atoms with Crippen LogP contribution in [-0.2, 0) is 14.3 Å². The predicted molar refractivity (Wildman–Crippen MR) is 109 cm³/mol. The van der Waals surface area contributed by atoms with Gasteiger partial charge in [-0.1, -0.05) is 32.0 Å². The largest absolute Gasteiger partial charge is 0.452 e. The molecular formula is C20H22N2O5S. The first-order valence-electron chi connectivity index (χ1n) is 8.74. The summed E-state index contributed by atoms with van der Waals surface area (Å²) in [5, 5.41) is 13.4. The minimum Gasteiger partial charge on any atom is -0.452 e. The van der Waals surface area contributed by atoms with Crippen molar-refractivity contribution in [3.8, 4) is 0 Å². The van der Waals surface area contributed by atoms with Crippen LogP contribution in [-0.4, -0.2) is 28.7 Å². The molecule has 2 aromatic rings. The Bertz CT molecular complexity index is 852. The molecule has 148 valence electrons. The number of esters is 1. The summed E-state index contributed by atoms with van der Waals surface area (Å²) < 4.78 is 5.19. The molecule has 2 rings (SSSR count). The first-order valence-corrected chi connectivity index (χ1v) is 9.73. The highest BCUT2D eigenvalue weighted by atomic mass is 32.2. The third kappa shape index (κ3) is 6.09. The lowest BCUT2D eigenvalue weighted by Crippen LogP contribution is -2.30. The number of amides is 1. The van der Waals surface area contributed by atoms with Gasteiger partial charge in [0.1, 0.15) is 0 Å². The average molecular weight is 402 g/mol. The zero-order valence-corrected chi connectivity index (χ0v) is 16.7. The number of ether oxygens (including phenoxy) is 1. The van der Waals surface area contributed by atoms with Crippen molar-refractivity contribution in [2.24, 2.45) is 0 Å². The summed E-state index contributed by atoms with van der Waals surface area (Å²) in [4.78, 5) is 35.2. The number of rotatable bonds is 8. The first kappa shape index (κ1) is 21.4. The lowest BCUT2D eigenvalue weighted by atomic mass is 10.0. The lowest BCUT2D eigenvalue weighted by Gasteiger charge is -2.17. The molecule has 0 radical (unpaired) electrons. The van der Waals surface area contributed by atoms with Gasteiger partial charge in [0.25, 0.3) is 11.6 Å². The van der Waals surface area contributed by atoms with Crippen molar-refractivity contribution in [1.29, 1.82) is 0 Å². The Morgan fingerprint density at radius 1 is 1.11 bits per heavy atom. The standard InChI is InChI=1S/C20H22N2O5S/c1-13(2)17-6-4-5-7-18(17)21-20(24)14(3)27-19(23)12-28-16-10-8-15(9-11-16)22(25)26/h4-11,13-14H,12H2,1-3H3,(H,21,24)/t14-/m1/s1. The number of thioether (sulfide) groups is 1. The monoisotopic (exact) mass is 402 g/mol. The Balaban J connectivity index is 1.86. The molecule has 0 aliphatic rings. The molecule has 2 aromatic carbocycles. The van der Waals surface area contributed by atoms with Crippen molar-refractivity contribution in [2.75, 3.05) is 11.1 Å². The van der Waals surface area contributed by atoms with E-state index < -0.39 is 22.9 Å². The molecule has 0 saturated heterocycles. The van der Waals surface area contributed by atoms with Crippen molar-refractivity contribution in [1.82, 2.24) is 0 Å². The summed E-state index contributed by atoms with van der Waals surface area (Å²) in [6, 6.07) is 13.4. The van der Waals surface area contributed by atoms with Crippen LogP contribution in [0.2, 0.25) is 0 Å². The van der Waals surface area contributed by atoms with E-state index >= 15 is 0 Å². The smallest absolute Gasteiger partial charge is 0.317 e. The Kier molecular flexibility index (Phi) is 7.57. The Hall–Kier alpha value is -2.87. The summed E-state index contributed by atoms with van der Waals surface area (Å²) in [5.74, 6) is -0.699. The number of benzene rings is 2. The summed E-state index contributed by atoms with van der Waals surface area (Å²) in [7, 11) is 0. The van der Waals surface area contributed by atoms with E-state index in [2.05, 4.69) is 5.32 Å². The number of nitrogens with zero attached hydrogens (tertiary/aromatic N) is 1. The number of nitro benzene ring substituents is 1. The van der Waals surface area contributed by atoms with E-state index in [4.69, 9.17) is 4.74 Å². The third-order valence-corrected chi connectivity index (χ3v) is 4.91. The minimum atomic E-state index is -0.940. The molecule has 0 spiro atoms. The number of anilines is 1. The van der Waals surface area contributed by atoms with E-state index in [0.29, 0.717) is 10.6 Å². The second kappa shape index (κ2) is 9.89. The van der Waals surface area contributed by atoms with Crippen molar-refractivity contribution >= 4 is 35.0 Å². The second-order valence-electron chi connectivity index (χ2n) is 6.40. The number of hydrogen-bond acceptors (Lipinski definition) is 6. The van der Waals surface area contributed by atoms with Gasteiger partial charge >= 0.3 is 5.97 Å². The van der Waals surface area contributed by atoms with Crippen LogP contribution in [0.15, 0.2) is 53.4 Å². The van der Waals surface area contributed by atoms with Crippen molar-refractivity contribution in [3.63, 3.8) is 0 Å². The topological polar surface area (TPSA) is 98.5 Å². The Labute approximate surface area is 167 Å². The van der Waals surface area contributed by atoms with Gasteiger partial charge in [-0.25, -0.2) is 0 Å². The van der Waals surface area contributed by atoms with Gasteiger partial charge in [-0.15, -0.1) is 11.8 Å². The number of nitrogens with one attached hydrogen (secondary N) is 1. The highest BCUT2D eigenvalue weighted by Crippen LogP contribution is 2.24. The fourth-order valence-corrected chi connectivity index (χ4v) is 3.12. The van der Waals surface area contributed by atoms with E-state index in [1.54, 1.807) is 12.1 Å². The van der Waals surface area contributed by atoms with Crippen molar-refractivity contribution in [3.05, 3.63) is 64.2 Å². The van der Waals surface area contributed by atoms with E-state index in [9.17, 15) is 19.7 Å². The maximum absolute atomic E-state index is 12.3. The molecule has 0 unspecified atom stereocenters. The van der Waals surface area contributed by atoms with Gasteiger partial charge in [-0.3, -0.25) is 19.7 Å². The fraction of sp³-hybridized carbons (Fsp3) is 0.300. The molecule has 0 aliphatic carbocycles. The Morgan fingerprint density at radius 2 is 1.75 bits per heavy atom. The molecule has 1 amide bonds. The molecule has 7 nitrogen and oxygen atoms in total. The van der Waals surface area contributed by atoms with Gasteiger partial charge in [-0.2, -0.15) is 0 Å². The lowest BCUT2D eigenvalue weighted by molar-refractivity contribution is -0.384. The molecule has 0 aromatic heterocycles. The summed E-state index contributed by atoms with van der Waals surface area (Å²) in [6.45, 7) is 5.58. The van der Waals surface area contributed by atoms with Crippen LogP contribution < -0.4 is 5.32 Å². The maximum atomic E-state index is 12.3. The number of carbonyl (C=O) groups is 2. The predicted octanol–water partition coefficient (Wildman–Crippen LogP) is 4.38. The highest BCUT2D eigenvalue weighted by Gasteiger charge is 2.19. The van der Waals surface area contributed by atoms with Crippen LogP contribution in [0, 0.1) is 10.1 Å². The number of hydrogen-bond donors (Lipinski definition) is 1. The molecule has 0 fully saturated rings. The SMILES string of the molecule is CC(C)c1ccccc1NC(=O)[C@@H](C)OC(=O)CSc1ccc([N+](=O)[O-])cc1.